The van der Waals surface area contributed by atoms with Gasteiger partial charge in [-0.05, 0) is 43.7 Å². The lowest BCUT2D eigenvalue weighted by Crippen LogP contribution is -2.33. The second kappa shape index (κ2) is 6.69. The first kappa shape index (κ1) is 15.5. The van der Waals surface area contributed by atoms with Crippen LogP contribution in [0.3, 0.4) is 0 Å². The number of aryl methyl sites for hydroxylation is 1. The second-order valence-electron chi connectivity index (χ2n) is 4.69. The van der Waals surface area contributed by atoms with Crippen LogP contribution in [0.2, 0.25) is 0 Å². The summed E-state index contributed by atoms with van der Waals surface area (Å²) in [6, 6.07) is 10.6. The van der Waals surface area contributed by atoms with Gasteiger partial charge in [-0.15, -0.1) is 0 Å². The number of hydrogen-bond acceptors (Lipinski definition) is 4. The van der Waals surface area contributed by atoms with Gasteiger partial charge < -0.3 is 5.73 Å². The Labute approximate surface area is 125 Å². The molecule has 0 fully saturated rings. The summed E-state index contributed by atoms with van der Waals surface area (Å²) in [5, 5.41) is 0. The molecule has 1 heterocycles. The molecule has 0 unspecified atom stereocenters. The van der Waals surface area contributed by atoms with Crippen molar-refractivity contribution in [3.63, 3.8) is 0 Å². The van der Waals surface area contributed by atoms with Gasteiger partial charge in [0, 0.05) is 18.9 Å². The molecule has 0 spiro atoms. The van der Waals surface area contributed by atoms with E-state index in [4.69, 9.17) is 5.73 Å². The van der Waals surface area contributed by atoms with Gasteiger partial charge in [-0.2, -0.15) is 0 Å². The van der Waals surface area contributed by atoms with Gasteiger partial charge in [0.15, 0.2) is 0 Å². The molecule has 0 atom stereocenters. The van der Waals surface area contributed by atoms with Gasteiger partial charge in [-0.1, -0.05) is 18.2 Å². The summed E-state index contributed by atoms with van der Waals surface area (Å²) in [6.45, 7) is 2.67. The van der Waals surface area contributed by atoms with Crippen molar-refractivity contribution in [1.82, 2.24) is 4.98 Å². The van der Waals surface area contributed by atoms with Gasteiger partial charge in [0.2, 0.25) is 0 Å². The molecule has 2 rings (SSSR count). The summed E-state index contributed by atoms with van der Waals surface area (Å²) < 4.78 is 27.1. The third-order valence-corrected chi connectivity index (χ3v) is 4.97. The molecule has 1 aromatic heterocycles. The quantitative estimate of drug-likeness (QED) is 0.885. The number of nitrogens with zero attached hydrogens (tertiary/aromatic N) is 2. The number of pyridine rings is 1. The van der Waals surface area contributed by atoms with E-state index in [1.165, 1.54) is 10.5 Å². The molecular weight excluding hydrogens is 286 g/mol. The lowest BCUT2D eigenvalue weighted by Gasteiger charge is -2.25. The van der Waals surface area contributed by atoms with Crippen molar-refractivity contribution >= 4 is 15.7 Å². The summed E-state index contributed by atoms with van der Waals surface area (Å²) >= 11 is 0. The number of rotatable bonds is 6. The van der Waals surface area contributed by atoms with E-state index in [1.807, 2.05) is 25.1 Å². The summed E-state index contributed by atoms with van der Waals surface area (Å²) in [5.74, 6) is 0. The minimum Gasteiger partial charge on any atom is -0.330 e. The SMILES string of the molecule is Cc1ccccc1N(CCCN)S(=O)(=O)c1cccnc1. The van der Waals surface area contributed by atoms with Gasteiger partial charge in [0.05, 0.1) is 5.69 Å². The van der Waals surface area contributed by atoms with E-state index in [2.05, 4.69) is 4.98 Å². The highest BCUT2D eigenvalue weighted by molar-refractivity contribution is 7.92. The largest absolute Gasteiger partial charge is 0.330 e. The first-order chi connectivity index (χ1) is 10.1. The van der Waals surface area contributed by atoms with Crippen LogP contribution >= 0.6 is 0 Å². The number of nitrogens with two attached hydrogens (primary N) is 1. The Bertz CT molecular complexity index is 687. The molecule has 0 bridgehead atoms. The minimum atomic E-state index is -3.63. The zero-order chi connectivity index (χ0) is 15.3. The zero-order valence-corrected chi connectivity index (χ0v) is 12.8. The van der Waals surface area contributed by atoms with Crippen molar-refractivity contribution in [1.29, 1.82) is 0 Å². The average Bonchev–Trinajstić information content (AvgIpc) is 2.50. The van der Waals surface area contributed by atoms with Crippen LogP contribution in [0, 0.1) is 6.92 Å². The molecule has 5 nitrogen and oxygen atoms in total. The number of aromatic nitrogens is 1. The van der Waals surface area contributed by atoms with Crippen molar-refractivity contribution in [3.8, 4) is 0 Å². The van der Waals surface area contributed by atoms with E-state index in [0.717, 1.165) is 5.56 Å². The first-order valence-electron chi connectivity index (χ1n) is 6.76. The van der Waals surface area contributed by atoms with Gasteiger partial charge in [0.25, 0.3) is 10.0 Å². The molecule has 6 heteroatoms. The van der Waals surface area contributed by atoms with Crippen molar-refractivity contribution in [2.45, 2.75) is 18.2 Å². The Morgan fingerprint density at radius 2 is 1.95 bits per heavy atom. The maximum Gasteiger partial charge on any atom is 0.265 e. The number of sulfonamides is 1. The fourth-order valence-electron chi connectivity index (χ4n) is 2.08. The van der Waals surface area contributed by atoms with Crippen LogP contribution in [-0.2, 0) is 10.0 Å². The normalized spacial score (nSPS) is 11.3. The van der Waals surface area contributed by atoms with E-state index in [0.29, 0.717) is 25.2 Å². The maximum atomic E-state index is 12.8. The average molecular weight is 305 g/mol. The molecule has 2 aromatic rings. The van der Waals surface area contributed by atoms with Gasteiger partial charge in [0.1, 0.15) is 4.90 Å². The Kier molecular flexibility index (Phi) is 4.93. The number of anilines is 1. The highest BCUT2D eigenvalue weighted by atomic mass is 32.2. The smallest absolute Gasteiger partial charge is 0.265 e. The fourth-order valence-corrected chi connectivity index (χ4v) is 3.61. The van der Waals surface area contributed by atoms with Crippen molar-refractivity contribution < 1.29 is 8.42 Å². The molecule has 0 aliphatic carbocycles. The molecule has 2 N–H and O–H groups in total. The van der Waals surface area contributed by atoms with Crippen LogP contribution in [0.5, 0.6) is 0 Å². The topological polar surface area (TPSA) is 76.3 Å². The van der Waals surface area contributed by atoms with E-state index < -0.39 is 10.0 Å². The summed E-state index contributed by atoms with van der Waals surface area (Å²) in [5.41, 5.74) is 7.12. The van der Waals surface area contributed by atoms with Crippen molar-refractivity contribution in [2.24, 2.45) is 5.73 Å². The maximum absolute atomic E-state index is 12.8. The fraction of sp³-hybridized carbons (Fsp3) is 0.267. The Balaban J connectivity index is 2.48. The molecule has 21 heavy (non-hydrogen) atoms. The standard InChI is InChI=1S/C15H19N3O2S/c1-13-6-2-3-8-15(13)18(11-5-9-16)21(19,20)14-7-4-10-17-12-14/h2-4,6-8,10,12H,5,9,11,16H2,1H3. The van der Waals surface area contributed by atoms with Gasteiger partial charge >= 0.3 is 0 Å². The first-order valence-corrected chi connectivity index (χ1v) is 8.20. The Morgan fingerprint density at radius 3 is 2.57 bits per heavy atom. The van der Waals surface area contributed by atoms with Gasteiger partial charge in [-0.25, -0.2) is 8.42 Å². The third kappa shape index (κ3) is 3.40. The van der Waals surface area contributed by atoms with Crippen LogP contribution in [0.4, 0.5) is 5.69 Å². The van der Waals surface area contributed by atoms with E-state index in [-0.39, 0.29) is 4.90 Å². The highest BCUT2D eigenvalue weighted by Crippen LogP contribution is 2.26. The van der Waals surface area contributed by atoms with Crippen LogP contribution in [0.1, 0.15) is 12.0 Å². The van der Waals surface area contributed by atoms with Crippen molar-refractivity contribution in [3.05, 3.63) is 54.4 Å². The Morgan fingerprint density at radius 1 is 1.19 bits per heavy atom. The van der Waals surface area contributed by atoms with Crippen LogP contribution in [0.25, 0.3) is 0 Å². The molecule has 0 aliphatic heterocycles. The van der Waals surface area contributed by atoms with Gasteiger partial charge in [-0.3, -0.25) is 9.29 Å². The molecule has 0 saturated heterocycles. The summed E-state index contributed by atoms with van der Waals surface area (Å²) in [6.07, 6.45) is 3.51. The van der Waals surface area contributed by atoms with E-state index >= 15 is 0 Å². The monoisotopic (exact) mass is 305 g/mol. The number of hydrogen-bond donors (Lipinski definition) is 1. The van der Waals surface area contributed by atoms with Crippen LogP contribution in [-0.4, -0.2) is 26.5 Å². The predicted molar refractivity (Wildman–Crippen MR) is 83.6 cm³/mol. The summed E-state index contributed by atoms with van der Waals surface area (Å²) in [4.78, 5) is 4.08. The predicted octanol–water partition coefficient (Wildman–Crippen LogP) is 1.93. The van der Waals surface area contributed by atoms with E-state index in [1.54, 1.807) is 24.4 Å². The number of benzene rings is 1. The molecular formula is C15H19N3O2S. The molecule has 0 saturated carbocycles. The minimum absolute atomic E-state index is 0.185. The molecule has 0 radical (unpaired) electrons. The van der Waals surface area contributed by atoms with Crippen LogP contribution in [0.15, 0.2) is 53.7 Å². The zero-order valence-electron chi connectivity index (χ0n) is 11.9. The molecule has 1 aromatic carbocycles. The lowest BCUT2D eigenvalue weighted by atomic mass is 10.2. The molecule has 0 amide bonds. The van der Waals surface area contributed by atoms with Crippen LogP contribution < -0.4 is 10.0 Å². The highest BCUT2D eigenvalue weighted by Gasteiger charge is 2.25. The second-order valence-corrected chi connectivity index (χ2v) is 6.56. The van der Waals surface area contributed by atoms with Crippen molar-refractivity contribution in [2.75, 3.05) is 17.4 Å². The molecule has 0 aliphatic rings. The Hall–Kier alpha value is -1.92. The number of para-hydroxylation sites is 1. The lowest BCUT2D eigenvalue weighted by molar-refractivity contribution is 0.589. The third-order valence-electron chi connectivity index (χ3n) is 3.17. The van der Waals surface area contributed by atoms with E-state index in [9.17, 15) is 8.42 Å². The summed E-state index contributed by atoms with van der Waals surface area (Å²) in [7, 11) is -3.63. The molecule has 112 valence electrons.